The summed E-state index contributed by atoms with van der Waals surface area (Å²) in [5.74, 6) is 3.98. The van der Waals surface area contributed by atoms with E-state index in [9.17, 15) is 0 Å². The Labute approximate surface area is 494 Å². The van der Waals surface area contributed by atoms with E-state index in [0.29, 0.717) is 5.92 Å². The Kier molecular flexibility index (Phi) is 11.5. The highest BCUT2D eigenvalue weighted by Crippen LogP contribution is 2.53. The van der Waals surface area contributed by atoms with Crippen molar-refractivity contribution in [3.8, 4) is 50.9 Å². The average molecular weight is 1090 g/mol. The summed E-state index contributed by atoms with van der Waals surface area (Å²) < 4.78 is 18.5. The Bertz CT molecular complexity index is 4350. The van der Waals surface area contributed by atoms with Crippen LogP contribution in [0.1, 0.15) is 157 Å². The maximum atomic E-state index is 7.94. The van der Waals surface area contributed by atoms with Crippen LogP contribution < -0.4 is 47.2 Å². The lowest BCUT2D eigenvalue weighted by Crippen LogP contribution is -2.63. The largest absolute Gasteiger partial charge is 0.456 e. The highest BCUT2D eigenvalue weighted by atomic mass is 16.5. The van der Waals surface area contributed by atoms with E-state index in [1.165, 1.54) is 88.4 Å². The molecule has 0 spiro atoms. The number of ether oxygens (including phenoxy) is 2. The van der Waals surface area contributed by atoms with Crippen molar-refractivity contribution >= 4 is 85.1 Å². The predicted molar refractivity (Wildman–Crippen MR) is 356 cm³/mol. The molecule has 9 aromatic carbocycles. The number of benzene rings is 9. The van der Waals surface area contributed by atoms with Gasteiger partial charge in [0, 0.05) is 38.6 Å². The van der Waals surface area contributed by atoms with Crippen molar-refractivity contribution in [1.82, 2.24) is 4.57 Å². The number of fused-ring (bicyclic) bond motifs is 13. The van der Waals surface area contributed by atoms with Crippen LogP contribution in [0.4, 0.5) is 17.1 Å². The van der Waals surface area contributed by atoms with E-state index >= 15 is 0 Å². The summed E-state index contributed by atoms with van der Waals surface area (Å²) in [4.78, 5) is 2.54. The van der Waals surface area contributed by atoms with Crippen LogP contribution in [0.25, 0.3) is 49.7 Å². The smallest absolute Gasteiger partial charge is 0.256 e. The predicted octanol–water partition coefficient (Wildman–Crippen LogP) is 17.1. The standard InChI is InChI=1S/C77H78B2N2O2/c1-44(2)45-18-20-46(21-19-45)48-24-37-65-60(39-48)79-61-43-54(77(15,16)17)41-57-56-40-52(75(9,10)11)30-34-62(56)81(68(57)61)70-67(79)71(82-65)69-66-72(70)83-64-36-25-49(47-22-26-50(27-23-47)73(3,4)5)38-59(64)78(66)58-42-53(76(12,13)14)31-35-63(58)80(69)55-32-28-51(29-33-55)74(6,7)8/h18-44H,1-17H3. The molecule has 14 rings (SSSR count). The summed E-state index contributed by atoms with van der Waals surface area (Å²) in [7, 11) is 0. The van der Waals surface area contributed by atoms with Crippen LogP contribution in [0.3, 0.4) is 0 Å². The third-order valence-electron chi connectivity index (χ3n) is 18.9. The second-order valence-corrected chi connectivity index (χ2v) is 30.0. The quantitative estimate of drug-likeness (QED) is 0.164. The lowest BCUT2D eigenvalue weighted by molar-refractivity contribution is 0.475. The van der Waals surface area contributed by atoms with Gasteiger partial charge < -0.3 is 18.9 Å². The monoisotopic (exact) mass is 1080 g/mol. The van der Waals surface area contributed by atoms with Crippen LogP contribution >= 0.6 is 0 Å². The van der Waals surface area contributed by atoms with Crippen LogP contribution in [-0.2, 0) is 27.1 Å². The lowest BCUT2D eigenvalue weighted by Gasteiger charge is -2.45. The van der Waals surface area contributed by atoms with Crippen LogP contribution in [-0.4, -0.2) is 18.0 Å². The van der Waals surface area contributed by atoms with Crippen LogP contribution in [0.2, 0.25) is 0 Å². The molecule has 0 saturated carbocycles. The fourth-order valence-corrected chi connectivity index (χ4v) is 13.9. The average Bonchev–Trinajstić information content (AvgIpc) is 1.78. The van der Waals surface area contributed by atoms with E-state index in [4.69, 9.17) is 9.47 Å². The van der Waals surface area contributed by atoms with Gasteiger partial charge >= 0.3 is 0 Å². The van der Waals surface area contributed by atoms with E-state index in [0.717, 1.165) is 67.6 Å². The minimum absolute atomic E-state index is 0.0302. The van der Waals surface area contributed by atoms with Gasteiger partial charge in [-0.05, 0) is 159 Å². The van der Waals surface area contributed by atoms with Crippen molar-refractivity contribution in [2.24, 2.45) is 0 Å². The summed E-state index contributed by atoms with van der Waals surface area (Å²) in [6, 6.07) is 61.2. The second kappa shape index (κ2) is 17.9. The van der Waals surface area contributed by atoms with Gasteiger partial charge in [0.1, 0.15) is 23.0 Å². The van der Waals surface area contributed by atoms with Gasteiger partial charge in [-0.25, -0.2) is 0 Å². The first kappa shape index (κ1) is 53.3. The molecule has 414 valence electrons. The van der Waals surface area contributed by atoms with Crippen molar-refractivity contribution in [3.63, 3.8) is 0 Å². The first-order valence-corrected chi connectivity index (χ1v) is 30.4. The fraction of sp³-hybridized carbons (Fsp3) is 0.299. The molecule has 0 fully saturated rings. The Morgan fingerprint density at radius 2 is 0.807 bits per heavy atom. The first-order valence-electron chi connectivity index (χ1n) is 30.4. The van der Waals surface area contributed by atoms with Crippen molar-refractivity contribution in [2.45, 2.75) is 151 Å². The third-order valence-corrected chi connectivity index (χ3v) is 18.9. The van der Waals surface area contributed by atoms with Gasteiger partial charge in [-0.1, -0.05) is 227 Å². The van der Waals surface area contributed by atoms with Crippen molar-refractivity contribution in [2.75, 3.05) is 4.90 Å². The molecule has 83 heavy (non-hydrogen) atoms. The molecule has 10 aromatic rings. The molecule has 0 bridgehead atoms. The van der Waals surface area contributed by atoms with Crippen LogP contribution in [0.5, 0.6) is 23.0 Å². The zero-order valence-electron chi connectivity index (χ0n) is 52.0. The number of nitrogens with zero attached hydrogens (tertiary/aromatic N) is 2. The minimum Gasteiger partial charge on any atom is -0.456 e. The Morgan fingerprint density at radius 3 is 1.35 bits per heavy atom. The molecular formula is C77H78B2N2O2. The summed E-state index contributed by atoms with van der Waals surface area (Å²) in [5, 5.41) is 2.53. The molecule has 4 nitrogen and oxygen atoms in total. The number of aromatic nitrogens is 1. The zero-order chi connectivity index (χ0) is 58.4. The van der Waals surface area contributed by atoms with E-state index in [2.05, 4.69) is 285 Å². The van der Waals surface area contributed by atoms with Crippen molar-refractivity contribution in [1.29, 1.82) is 0 Å². The molecule has 0 amide bonds. The van der Waals surface area contributed by atoms with Crippen molar-refractivity contribution in [3.05, 3.63) is 191 Å². The van der Waals surface area contributed by atoms with Crippen molar-refractivity contribution < 1.29 is 9.47 Å². The summed E-state index contributed by atoms with van der Waals surface area (Å²) in [5.41, 5.74) is 26.2. The van der Waals surface area contributed by atoms with Gasteiger partial charge in [0.05, 0.1) is 16.9 Å². The van der Waals surface area contributed by atoms with Crippen LogP contribution in [0, 0.1) is 0 Å². The lowest BCUT2D eigenvalue weighted by atomic mass is 9.31. The molecule has 6 heteroatoms. The van der Waals surface area contributed by atoms with Gasteiger partial charge in [-0.15, -0.1) is 0 Å². The summed E-state index contributed by atoms with van der Waals surface area (Å²) in [6.45, 7) is 39.0. The highest BCUT2D eigenvalue weighted by Gasteiger charge is 2.52. The van der Waals surface area contributed by atoms with Gasteiger partial charge in [0.2, 0.25) is 0 Å². The normalized spacial score (nSPS) is 14.3. The molecule has 4 aliphatic heterocycles. The first-order chi connectivity index (χ1) is 39.1. The van der Waals surface area contributed by atoms with Gasteiger partial charge in [0.15, 0.2) is 0 Å². The molecule has 0 N–H and O–H groups in total. The molecule has 0 atom stereocenters. The highest BCUT2D eigenvalue weighted by molar-refractivity contribution is 7.02. The molecule has 4 aliphatic rings. The number of rotatable bonds is 4. The second-order valence-electron chi connectivity index (χ2n) is 30.0. The molecular weight excluding hydrogens is 1010 g/mol. The molecule has 0 saturated heterocycles. The summed E-state index contributed by atoms with van der Waals surface area (Å²) >= 11 is 0. The van der Waals surface area contributed by atoms with E-state index < -0.39 is 0 Å². The van der Waals surface area contributed by atoms with E-state index in [-0.39, 0.29) is 40.5 Å². The molecule has 1 aromatic heterocycles. The van der Waals surface area contributed by atoms with Gasteiger partial charge in [0.25, 0.3) is 13.4 Å². The maximum absolute atomic E-state index is 7.94. The molecule has 0 aliphatic carbocycles. The number of hydrogen-bond donors (Lipinski definition) is 0. The SMILES string of the molecule is CC(C)c1ccc(-c2ccc3c(c2)B2c4c(c5c6c(c4-n4c7ccc(C(C)(C)C)cc7c7cc(C(C)(C)C)cc2c74)Oc2ccc(-c4ccc(C(C)(C)C)cc4)cc2B6c2cc(C(C)(C)C)ccc2N5c2ccc(C(C)(C)C)cc2)O3)cc1. The molecule has 5 heterocycles. The molecule has 0 unspecified atom stereocenters. The van der Waals surface area contributed by atoms with Gasteiger partial charge in [-0.3, -0.25) is 0 Å². The van der Waals surface area contributed by atoms with E-state index in [1.54, 1.807) is 0 Å². The fourth-order valence-electron chi connectivity index (χ4n) is 13.9. The van der Waals surface area contributed by atoms with E-state index in [1.807, 2.05) is 0 Å². The minimum atomic E-state index is -0.212. The maximum Gasteiger partial charge on any atom is 0.256 e. The third kappa shape index (κ3) is 8.30. The topological polar surface area (TPSA) is 26.6 Å². The Morgan fingerprint density at radius 1 is 0.373 bits per heavy atom. The zero-order valence-corrected chi connectivity index (χ0v) is 52.0. The van der Waals surface area contributed by atoms with Crippen LogP contribution in [0.15, 0.2) is 158 Å². The number of anilines is 3. The Balaban J connectivity index is 1.14. The number of hydrogen-bond acceptors (Lipinski definition) is 3. The molecule has 0 radical (unpaired) electrons. The summed E-state index contributed by atoms with van der Waals surface area (Å²) in [6.07, 6.45) is 0. The Hall–Kier alpha value is -7.69. The van der Waals surface area contributed by atoms with Gasteiger partial charge in [-0.2, -0.15) is 0 Å².